The smallest absolute Gasteiger partial charge is 0.462 e. The van der Waals surface area contributed by atoms with Crippen LogP contribution in [0.2, 0.25) is 0 Å². The van der Waals surface area contributed by atoms with E-state index in [1.165, 1.54) is 141 Å². The molecule has 0 amide bonds. The second kappa shape index (κ2) is 58.4. The van der Waals surface area contributed by atoms with Gasteiger partial charge in [-0.3, -0.25) is 37.3 Å². The summed E-state index contributed by atoms with van der Waals surface area (Å²) in [5.74, 6) is -0.651. The Balaban J connectivity index is 5.23. The van der Waals surface area contributed by atoms with Gasteiger partial charge in [-0.25, -0.2) is 9.13 Å². The van der Waals surface area contributed by atoms with Crippen molar-refractivity contribution in [2.75, 3.05) is 39.6 Å². The number of esters is 4. The van der Waals surface area contributed by atoms with Crippen molar-refractivity contribution < 1.29 is 80.2 Å². The molecule has 0 aliphatic rings. The van der Waals surface area contributed by atoms with Crippen molar-refractivity contribution >= 4 is 39.5 Å². The molecule has 85 heavy (non-hydrogen) atoms. The van der Waals surface area contributed by atoms with E-state index in [0.717, 1.165) is 108 Å². The number of hydrogen-bond acceptors (Lipinski definition) is 15. The number of carbonyl (C=O) groups excluding carboxylic acids is 4. The van der Waals surface area contributed by atoms with E-state index in [1.54, 1.807) is 0 Å². The molecular formula is C66H128O17P2. The zero-order valence-corrected chi connectivity index (χ0v) is 56.7. The lowest BCUT2D eigenvalue weighted by Crippen LogP contribution is -2.30. The minimum absolute atomic E-state index is 0.105. The Morgan fingerprint density at radius 1 is 0.318 bits per heavy atom. The second-order valence-corrected chi connectivity index (χ2v) is 27.7. The number of phosphoric acid groups is 2. The lowest BCUT2D eigenvalue weighted by Gasteiger charge is -2.21. The van der Waals surface area contributed by atoms with Gasteiger partial charge in [0.1, 0.15) is 19.3 Å². The fourth-order valence-electron chi connectivity index (χ4n) is 9.88. The molecule has 2 unspecified atom stereocenters. The van der Waals surface area contributed by atoms with Gasteiger partial charge in [-0.15, -0.1) is 0 Å². The van der Waals surface area contributed by atoms with Crippen LogP contribution in [0.1, 0.15) is 330 Å². The lowest BCUT2D eigenvalue weighted by molar-refractivity contribution is -0.161. The number of aliphatic hydroxyl groups is 1. The molecule has 0 aliphatic carbocycles. The predicted octanol–water partition coefficient (Wildman–Crippen LogP) is 18.4. The molecule has 5 atom stereocenters. The maximum atomic E-state index is 13.0. The van der Waals surface area contributed by atoms with E-state index in [2.05, 4.69) is 41.5 Å². The summed E-state index contributed by atoms with van der Waals surface area (Å²) in [5, 5.41) is 10.5. The molecule has 0 spiro atoms. The number of aliphatic hydroxyl groups excluding tert-OH is 1. The summed E-state index contributed by atoms with van der Waals surface area (Å²) in [5.41, 5.74) is 0. The third-order valence-corrected chi connectivity index (χ3v) is 17.1. The Morgan fingerprint density at radius 3 is 0.800 bits per heavy atom. The maximum Gasteiger partial charge on any atom is 0.472 e. The van der Waals surface area contributed by atoms with Crippen LogP contribution < -0.4 is 0 Å². The summed E-state index contributed by atoms with van der Waals surface area (Å²) in [7, 11) is -9.89. The van der Waals surface area contributed by atoms with Gasteiger partial charge in [0, 0.05) is 25.7 Å². The van der Waals surface area contributed by atoms with Crippen LogP contribution in [0.25, 0.3) is 0 Å². The molecule has 0 heterocycles. The average Bonchev–Trinajstić information content (AvgIpc) is 3.60. The number of phosphoric ester groups is 2. The Kier molecular flexibility index (Phi) is 57.1. The second-order valence-electron chi connectivity index (χ2n) is 24.8. The fraction of sp³-hybridized carbons (Fsp3) is 0.939. The van der Waals surface area contributed by atoms with E-state index in [9.17, 15) is 43.2 Å². The molecule has 0 fully saturated rings. The van der Waals surface area contributed by atoms with E-state index < -0.39 is 97.5 Å². The standard InChI is InChI=1S/C66H128O17P2/c1-7-9-11-13-15-17-18-19-20-25-32-38-44-50-65(70)82-62(55-77-64(69)49-43-37-31-26-21-23-28-34-40-46-58(3)4)57-81-85(74,75)79-53-60(67)52-78-84(72,73)80-56-61(54-76-63(68)48-42-36-30-16-14-12-10-8-2)83-66(71)51-45-39-33-27-22-24-29-35-41-47-59(5)6/h58-62,67H,7-57H2,1-6H3,(H,72,73)(H,74,75)/t60-,61+,62+/m0/s1. The van der Waals surface area contributed by atoms with Crippen LogP contribution in [0.15, 0.2) is 0 Å². The molecule has 0 rings (SSSR count). The third-order valence-electron chi connectivity index (χ3n) is 15.2. The highest BCUT2D eigenvalue weighted by Crippen LogP contribution is 2.45. The molecule has 0 aromatic carbocycles. The number of carbonyl (C=O) groups is 4. The lowest BCUT2D eigenvalue weighted by atomic mass is 10.0. The predicted molar refractivity (Wildman–Crippen MR) is 340 cm³/mol. The van der Waals surface area contributed by atoms with Gasteiger partial charge in [0.15, 0.2) is 12.2 Å². The van der Waals surface area contributed by atoms with Gasteiger partial charge in [-0.1, -0.05) is 279 Å². The summed E-state index contributed by atoms with van der Waals surface area (Å²) >= 11 is 0. The maximum absolute atomic E-state index is 13.0. The quantitative estimate of drug-likeness (QED) is 0.0222. The first-order valence-corrected chi connectivity index (χ1v) is 37.5. The SMILES string of the molecule is CCCCCCCCCCCCCCCC(=O)O[C@H](COC(=O)CCCCCCCCCCCC(C)C)COP(=O)(O)OC[C@@H](O)COP(=O)(O)OC[C@@H](COC(=O)CCCCCCCCCC)OC(=O)CCCCCCCCCCCC(C)C. The van der Waals surface area contributed by atoms with Gasteiger partial charge in [0.25, 0.3) is 0 Å². The summed E-state index contributed by atoms with van der Waals surface area (Å²) in [6, 6.07) is 0. The zero-order valence-electron chi connectivity index (χ0n) is 54.9. The van der Waals surface area contributed by atoms with Gasteiger partial charge >= 0.3 is 39.5 Å². The van der Waals surface area contributed by atoms with Gasteiger partial charge in [-0.2, -0.15) is 0 Å². The molecule has 0 aromatic heterocycles. The van der Waals surface area contributed by atoms with Crippen molar-refractivity contribution in [1.82, 2.24) is 0 Å². The summed E-state index contributed by atoms with van der Waals surface area (Å²) in [4.78, 5) is 72.3. The van der Waals surface area contributed by atoms with E-state index in [0.29, 0.717) is 25.7 Å². The summed E-state index contributed by atoms with van der Waals surface area (Å²) in [6.07, 6.45) is 41.7. The first kappa shape index (κ1) is 83.1. The average molecular weight is 1260 g/mol. The first-order valence-electron chi connectivity index (χ1n) is 34.5. The zero-order chi connectivity index (χ0) is 62.9. The van der Waals surface area contributed by atoms with Crippen molar-refractivity contribution in [3.05, 3.63) is 0 Å². The van der Waals surface area contributed by atoms with Crippen molar-refractivity contribution in [1.29, 1.82) is 0 Å². The van der Waals surface area contributed by atoms with E-state index in [-0.39, 0.29) is 25.7 Å². The van der Waals surface area contributed by atoms with Gasteiger partial charge in [0.05, 0.1) is 26.4 Å². The molecule has 0 aromatic rings. The fourth-order valence-corrected chi connectivity index (χ4v) is 11.5. The van der Waals surface area contributed by atoms with Crippen LogP contribution >= 0.6 is 15.6 Å². The van der Waals surface area contributed by atoms with E-state index >= 15 is 0 Å². The van der Waals surface area contributed by atoms with Gasteiger partial charge in [0.2, 0.25) is 0 Å². The number of hydrogen-bond donors (Lipinski definition) is 3. The van der Waals surface area contributed by atoms with Crippen LogP contribution in [0.4, 0.5) is 0 Å². The molecule has 504 valence electrons. The molecule has 0 radical (unpaired) electrons. The Hall–Kier alpha value is -1.94. The number of ether oxygens (including phenoxy) is 4. The summed E-state index contributed by atoms with van der Waals surface area (Å²) in [6.45, 7) is 9.45. The minimum Gasteiger partial charge on any atom is -0.462 e. The Bertz CT molecular complexity index is 1670. The molecule has 17 nitrogen and oxygen atoms in total. The first-order chi connectivity index (χ1) is 40.9. The molecule has 0 aliphatic heterocycles. The van der Waals surface area contributed by atoms with Crippen molar-refractivity contribution in [3.63, 3.8) is 0 Å². The van der Waals surface area contributed by atoms with Gasteiger partial charge < -0.3 is 33.8 Å². The Labute approximate surface area is 517 Å². The molecule has 0 saturated heterocycles. The van der Waals surface area contributed by atoms with Crippen LogP contribution in [0, 0.1) is 11.8 Å². The minimum atomic E-state index is -4.95. The van der Waals surface area contributed by atoms with Crippen molar-refractivity contribution in [3.8, 4) is 0 Å². The molecule has 0 saturated carbocycles. The van der Waals surface area contributed by atoms with Crippen molar-refractivity contribution in [2.45, 2.75) is 349 Å². The summed E-state index contributed by atoms with van der Waals surface area (Å²) < 4.78 is 68.1. The number of unbranched alkanes of at least 4 members (excludes halogenated alkanes) is 35. The van der Waals surface area contributed by atoms with Crippen LogP contribution in [-0.4, -0.2) is 96.7 Å². The molecule has 3 N–H and O–H groups in total. The topological polar surface area (TPSA) is 237 Å². The Morgan fingerprint density at radius 2 is 0.541 bits per heavy atom. The van der Waals surface area contributed by atoms with Crippen LogP contribution in [0.3, 0.4) is 0 Å². The van der Waals surface area contributed by atoms with Crippen LogP contribution in [-0.2, 0) is 65.4 Å². The normalized spacial score (nSPS) is 14.2. The molecular weight excluding hydrogens is 1130 g/mol. The van der Waals surface area contributed by atoms with Crippen LogP contribution in [0.5, 0.6) is 0 Å². The monoisotopic (exact) mass is 1250 g/mol. The highest BCUT2D eigenvalue weighted by molar-refractivity contribution is 7.47. The van der Waals surface area contributed by atoms with E-state index in [4.69, 9.17) is 37.0 Å². The highest BCUT2D eigenvalue weighted by Gasteiger charge is 2.30. The van der Waals surface area contributed by atoms with Crippen molar-refractivity contribution in [2.24, 2.45) is 11.8 Å². The van der Waals surface area contributed by atoms with E-state index in [1.807, 2.05) is 0 Å². The molecule has 19 heteroatoms. The third kappa shape index (κ3) is 60.7. The number of rotatable bonds is 65. The highest BCUT2D eigenvalue weighted by atomic mass is 31.2. The van der Waals surface area contributed by atoms with Gasteiger partial charge in [-0.05, 0) is 37.5 Å². The molecule has 0 bridgehead atoms. The largest absolute Gasteiger partial charge is 0.472 e.